The number of benzene rings is 3. The standard InChI is InChI=1S/C46H54ClN3O6/c1-30(29-56-40-17-23-48-39-14-6-9-31(2)41(39)40)25-34-26-33-15-16-37(55-24-8-22-49-42(43(51)52)32-10-4-3-5-11-32)28-38(33)45(34)18-20-46(21-19-45,44(53)54)50-36-13-7-12-35(47)27-36/h3-5,7,10-13,15-17,23,27-28,30-31,34,42,49-50H,6,8-9,14,18-22,24-26,29H2,1-2H3,(H,51,52)(H,53,54)/t30-,31-,34+,42?,45?,46?/m1/s1. The van der Waals surface area contributed by atoms with Crippen LogP contribution in [0.4, 0.5) is 5.69 Å². The minimum Gasteiger partial charge on any atom is -0.494 e. The molecule has 1 heterocycles. The Kier molecular flexibility index (Phi) is 12.2. The fourth-order valence-corrected chi connectivity index (χ4v) is 9.86. The highest BCUT2D eigenvalue weighted by molar-refractivity contribution is 6.30. The van der Waals surface area contributed by atoms with Crippen molar-refractivity contribution in [1.82, 2.24) is 10.3 Å². The van der Waals surface area contributed by atoms with Crippen LogP contribution < -0.4 is 20.1 Å². The number of carboxylic acid groups (broad SMARTS) is 2. The molecule has 1 spiro atoms. The van der Waals surface area contributed by atoms with Crippen LogP contribution in [0.3, 0.4) is 0 Å². The third kappa shape index (κ3) is 8.54. The number of aromatic nitrogens is 1. The second-order valence-corrected chi connectivity index (χ2v) is 16.8. The molecule has 4 atom stereocenters. The number of halogens is 1. The van der Waals surface area contributed by atoms with Crippen LogP contribution in [0.25, 0.3) is 0 Å². The predicted octanol–water partition coefficient (Wildman–Crippen LogP) is 9.38. The van der Waals surface area contributed by atoms with Gasteiger partial charge in [0.05, 0.1) is 13.2 Å². The van der Waals surface area contributed by atoms with Crippen molar-refractivity contribution in [3.05, 3.63) is 118 Å². The molecule has 7 rings (SSSR count). The van der Waals surface area contributed by atoms with Gasteiger partial charge in [-0.3, -0.25) is 9.78 Å². The first kappa shape index (κ1) is 39.6. The maximum Gasteiger partial charge on any atom is 0.329 e. The van der Waals surface area contributed by atoms with Crippen LogP contribution in [0.15, 0.2) is 85.1 Å². The summed E-state index contributed by atoms with van der Waals surface area (Å²) >= 11 is 6.30. The van der Waals surface area contributed by atoms with Gasteiger partial charge in [-0.1, -0.05) is 67.9 Å². The Hall–Kier alpha value is -4.60. The molecule has 1 fully saturated rings. The average molecular weight is 780 g/mol. The number of aliphatic carboxylic acids is 2. The summed E-state index contributed by atoms with van der Waals surface area (Å²) in [6, 6.07) is 24.1. The van der Waals surface area contributed by atoms with Crippen LogP contribution in [0.5, 0.6) is 11.5 Å². The minimum atomic E-state index is -1.11. The first-order valence-electron chi connectivity index (χ1n) is 20.2. The lowest BCUT2D eigenvalue weighted by Gasteiger charge is -2.47. The fourth-order valence-electron chi connectivity index (χ4n) is 9.67. The van der Waals surface area contributed by atoms with Gasteiger partial charge >= 0.3 is 11.9 Å². The van der Waals surface area contributed by atoms with Gasteiger partial charge in [0.15, 0.2) is 0 Å². The first-order chi connectivity index (χ1) is 27.1. The Morgan fingerprint density at radius 3 is 2.54 bits per heavy atom. The zero-order chi connectivity index (χ0) is 39.3. The summed E-state index contributed by atoms with van der Waals surface area (Å²) in [5, 5.41) is 27.6. The molecule has 1 unspecified atom stereocenters. The largest absolute Gasteiger partial charge is 0.494 e. The molecule has 4 N–H and O–H groups in total. The summed E-state index contributed by atoms with van der Waals surface area (Å²) in [4.78, 5) is 29.6. The number of hydrogen-bond donors (Lipinski definition) is 4. The van der Waals surface area contributed by atoms with Gasteiger partial charge in [0.2, 0.25) is 0 Å². The van der Waals surface area contributed by atoms with E-state index < -0.39 is 23.5 Å². The minimum absolute atomic E-state index is 0.214. The first-order valence-corrected chi connectivity index (χ1v) is 20.6. The van der Waals surface area contributed by atoms with Crippen LogP contribution in [-0.4, -0.2) is 52.4 Å². The van der Waals surface area contributed by atoms with Crippen LogP contribution in [0.1, 0.15) is 105 Å². The molecule has 3 aliphatic rings. The van der Waals surface area contributed by atoms with Gasteiger partial charge in [-0.2, -0.15) is 0 Å². The number of nitrogens with one attached hydrogen (secondary N) is 2. The summed E-state index contributed by atoms with van der Waals surface area (Å²) in [5.74, 6) is 1.01. The summed E-state index contributed by atoms with van der Waals surface area (Å²) in [6.45, 7) is 6.07. The van der Waals surface area contributed by atoms with Crippen LogP contribution in [0, 0.1) is 11.8 Å². The number of hydrogen-bond acceptors (Lipinski definition) is 7. The zero-order valence-electron chi connectivity index (χ0n) is 32.4. The van der Waals surface area contributed by atoms with Crippen LogP contribution >= 0.6 is 11.6 Å². The van der Waals surface area contributed by atoms with Gasteiger partial charge < -0.3 is 30.3 Å². The molecule has 3 aliphatic carbocycles. The highest BCUT2D eigenvalue weighted by atomic mass is 35.5. The highest BCUT2D eigenvalue weighted by Crippen LogP contribution is 2.57. The predicted molar refractivity (Wildman–Crippen MR) is 219 cm³/mol. The third-order valence-corrected chi connectivity index (χ3v) is 12.8. The SMILES string of the molecule is C[C@@H](COc1ccnc2c1[C@H](C)CCC2)C[C@H]1Cc2ccc(OCCCNC(C(=O)O)c3ccccc3)cc2C12CCC(Nc1cccc(Cl)c1)(C(=O)O)CC2. The fraction of sp³-hybridized carbons (Fsp3) is 0.457. The smallest absolute Gasteiger partial charge is 0.329 e. The van der Waals surface area contributed by atoms with E-state index >= 15 is 0 Å². The Balaban J connectivity index is 1.07. The zero-order valence-corrected chi connectivity index (χ0v) is 33.2. The molecule has 3 aromatic carbocycles. The van der Waals surface area contributed by atoms with Crippen molar-refractivity contribution >= 4 is 29.2 Å². The molecule has 1 saturated carbocycles. The molecule has 0 bridgehead atoms. The van der Waals surface area contributed by atoms with E-state index in [-0.39, 0.29) is 11.3 Å². The Labute approximate surface area is 335 Å². The van der Waals surface area contributed by atoms with Crippen molar-refractivity contribution in [2.24, 2.45) is 11.8 Å². The van der Waals surface area contributed by atoms with Crippen molar-refractivity contribution < 1.29 is 29.3 Å². The number of anilines is 1. The quantitative estimate of drug-likeness (QED) is 0.0822. The van der Waals surface area contributed by atoms with E-state index in [0.29, 0.717) is 67.1 Å². The Bertz CT molecular complexity index is 2000. The lowest BCUT2D eigenvalue weighted by molar-refractivity contribution is -0.144. The lowest BCUT2D eigenvalue weighted by atomic mass is 9.59. The molecule has 56 heavy (non-hydrogen) atoms. The van der Waals surface area contributed by atoms with Gasteiger partial charge in [-0.05, 0) is 147 Å². The number of ether oxygens (including phenoxy) is 2. The van der Waals surface area contributed by atoms with Crippen molar-refractivity contribution in [3.63, 3.8) is 0 Å². The molecular formula is C46H54ClN3O6. The second-order valence-electron chi connectivity index (χ2n) is 16.4. The Morgan fingerprint density at radius 2 is 1.79 bits per heavy atom. The number of fused-ring (bicyclic) bond motifs is 3. The summed E-state index contributed by atoms with van der Waals surface area (Å²) in [5.41, 5.74) is 5.10. The molecule has 10 heteroatoms. The van der Waals surface area contributed by atoms with E-state index in [0.717, 1.165) is 56.4 Å². The van der Waals surface area contributed by atoms with Gasteiger partial charge in [0, 0.05) is 28.2 Å². The molecule has 0 amide bonds. The number of carboxylic acids is 2. The number of carbonyl (C=O) groups is 2. The summed E-state index contributed by atoms with van der Waals surface area (Å²) in [6.07, 6.45) is 10.1. The Morgan fingerprint density at radius 1 is 0.982 bits per heavy atom. The van der Waals surface area contributed by atoms with E-state index in [1.807, 2.05) is 60.8 Å². The van der Waals surface area contributed by atoms with E-state index in [1.165, 1.54) is 22.4 Å². The van der Waals surface area contributed by atoms with E-state index in [4.69, 9.17) is 21.1 Å². The van der Waals surface area contributed by atoms with Crippen molar-refractivity contribution in [2.45, 2.75) is 101 Å². The molecule has 0 aliphatic heterocycles. The molecule has 0 saturated heterocycles. The normalized spacial score (nSPS) is 23.8. The van der Waals surface area contributed by atoms with Gasteiger partial charge in [-0.25, -0.2) is 4.79 Å². The van der Waals surface area contributed by atoms with Crippen LogP contribution in [-0.2, 0) is 27.8 Å². The second kappa shape index (κ2) is 17.3. The van der Waals surface area contributed by atoms with Gasteiger partial charge in [0.1, 0.15) is 23.1 Å². The molecule has 9 nitrogen and oxygen atoms in total. The number of aryl methyl sites for hydroxylation is 1. The molecule has 296 valence electrons. The maximum absolute atomic E-state index is 13.0. The van der Waals surface area contributed by atoms with Gasteiger partial charge in [0.25, 0.3) is 0 Å². The van der Waals surface area contributed by atoms with Crippen molar-refractivity contribution in [3.8, 4) is 11.5 Å². The number of rotatable bonds is 16. The highest BCUT2D eigenvalue weighted by Gasteiger charge is 2.54. The summed E-state index contributed by atoms with van der Waals surface area (Å²) < 4.78 is 12.9. The van der Waals surface area contributed by atoms with E-state index in [9.17, 15) is 19.8 Å². The summed E-state index contributed by atoms with van der Waals surface area (Å²) in [7, 11) is 0. The van der Waals surface area contributed by atoms with Gasteiger partial charge in [-0.15, -0.1) is 0 Å². The number of pyridine rings is 1. The van der Waals surface area contributed by atoms with E-state index in [2.05, 4.69) is 41.6 Å². The van der Waals surface area contributed by atoms with E-state index in [1.54, 1.807) is 12.1 Å². The third-order valence-electron chi connectivity index (χ3n) is 12.6. The number of nitrogens with zero attached hydrogens (tertiary/aromatic N) is 1. The maximum atomic E-state index is 13.0. The lowest BCUT2D eigenvalue weighted by Crippen LogP contribution is -2.53. The molecule has 4 aromatic rings. The average Bonchev–Trinajstić information content (AvgIpc) is 3.47. The molecule has 0 radical (unpaired) electrons. The molecular weight excluding hydrogens is 726 g/mol. The van der Waals surface area contributed by atoms with Crippen molar-refractivity contribution in [1.29, 1.82) is 0 Å². The monoisotopic (exact) mass is 779 g/mol. The topological polar surface area (TPSA) is 130 Å². The van der Waals surface area contributed by atoms with Crippen LogP contribution in [0.2, 0.25) is 5.02 Å². The molecule has 1 aromatic heterocycles. The van der Waals surface area contributed by atoms with Crippen molar-refractivity contribution in [2.75, 3.05) is 25.1 Å².